The smallest absolute Gasteiger partial charge is 0.232 e. The first kappa shape index (κ1) is 7.18. The third-order valence-electron chi connectivity index (χ3n) is 1.90. The van der Waals surface area contributed by atoms with Crippen molar-refractivity contribution >= 4 is 6.41 Å². The van der Waals surface area contributed by atoms with Gasteiger partial charge in [0.2, 0.25) is 6.41 Å². The normalized spacial score (nSPS) is 18.8. The van der Waals surface area contributed by atoms with Crippen LogP contribution in [0.1, 0.15) is 25.7 Å². The molecule has 0 bridgehead atoms. The van der Waals surface area contributed by atoms with Crippen LogP contribution < -0.4 is 0 Å². The van der Waals surface area contributed by atoms with Gasteiger partial charge in [-0.2, -0.15) is 5.01 Å². The molecule has 0 spiro atoms. The molecule has 0 saturated heterocycles. The minimum Gasteiger partial charge on any atom is -0.277 e. The number of hydrogen-bond acceptors (Lipinski definition) is 3. The van der Waals surface area contributed by atoms with Crippen LogP contribution >= 0.6 is 0 Å². The fraction of sp³-hybridized carbons (Fsp3) is 0.833. The highest BCUT2D eigenvalue weighted by molar-refractivity contribution is 5.46. The van der Waals surface area contributed by atoms with E-state index in [-0.39, 0.29) is 6.04 Å². The fourth-order valence-electron chi connectivity index (χ4n) is 1.34. The van der Waals surface area contributed by atoms with Gasteiger partial charge in [-0.3, -0.25) is 4.79 Å². The quantitative estimate of drug-likeness (QED) is 0.336. The zero-order chi connectivity index (χ0) is 7.40. The number of carbonyl (C=O) groups is 1. The van der Waals surface area contributed by atoms with E-state index in [0.29, 0.717) is 6.41 Å². The molecule has 1 fully saturated rings. The third kappa shape index (κ3) is 1.32. The Bertz CT molecular complexity index is 124. The molecule has 0 N–H and O–H groups in total. The summed E-state index contributed by atoms with van der Waals surface area (Å²) in [5.41, 5.74) is 0. The Morgan fingerprint density at radius 3 is 2.40 bits per heavy atom. The van der Waals surface area contributed by atoms with Gasteiger partial charge in [-0.25, -0.2) is 0 Å². The molecule has 1 rings (SSSR count). The molecule has 0 aromatic heterocycles. The molecule has 0 aromatic rings. The molecule has 1 aliphatic rings. The molecule has 0 aromatic carbocycles. The average Bonchev–Trinajstić information content (AvgIpc) is 2.43. The Morgan fingerprint density at radius 1 is 1.40 bits per heavy atom. The van der Waals surface area contributed by atoms with Crippen LogP contribution in [0, 0.1) is 4.91 Å². The molecule has 1 amide bonds. The van der Waals surface area contributed by atoms with Crippen LogP contribution in [-0.2, 0) is 4.79 Å². The number of nitrogens with zero attached hydrogens (tertiary/aromatic N) is 2. The Labute approximate surface area is 59.1 Å². The largest absolute Gasteiger partial charge is 0.277 e. The van der Waals surface area contributed by atoms with Gasteiger partial charge in [0.1, 0.15) is 0 Å². The number of hydrogen-bond donors (Lipinski definition) is 0. The van der Waals surface area contributed by atoms with Gasteiger partial charge in [0.15, 0.2) is 0 Å². The Hall–Kier alpha value is -0.930. The predicted octanol–water partition coefficient (Wildman–Crippen LogP) is 1.07. The summed E-state index contributed by atoms with van der Waals surface area (Å²) in [5, 5.41) is 3.58. The minimum atomic E-state index is 0.0787. The molecule has 0 atom stereocenters. The van der Waals surface area contributed by atoms with E-state index in [0.717, 1.165) is 30.7 Å². The van der Waals surface area contributed by atoms with E-state index < -0.39 is 0 Å². The summed E-state index contributed by atoms with van der Waals surface area (Å²) in [6.45, 7) is 0. The van der Waals surface area contributed by atoms with Gasteiger partial charge in [0, 0.05) is 0 Å². The monoisotopic (exact) mass is 142 g/mol. The highest BCUT2D eigenvalue weighted by Gasteiger charge is 2.21. The molecular formula is C6H10N2O2. The van der Waals surface area contributed by atoms with Gasteiger partial charge in [-0.05, 0) is 12.8 Å². The molecule has 1 saturated carbocycles. The van der Waals surface area contributed by atoms with E-state index in [1.165, 1.54) is 0 Å². The average molecular weight is 142 g/mol. The summed E-state index contributed by atoms with van der Waals surface area (Å²) in [5.74, 6) is 0. The molecule has 10 heavy (non-hydrogen) atoms. The van der Waals surface area contributed by atoms with Crippen molar-refractivity contribution in [2.24, 2.45) is 5.29 Å². The predicted molar refractivity (Wildman–Crippen MR) is 36.0 cm³/mol. The van der Waals surface area contributed by atoms with Crippen molar-refractivity contribution in [3.8, 4) is 0 Å². The fourth-order valence-corrected chi connectivity index (χ4v) is 1.34. The first-order chi connectivity index (χ1) is 4.88. The van der Waals surface area contributed by atoms with Gasteiger partial charge >= 0.3 is 0 Å². The van der Waals surface area contributed by atoms with Crippen molar-refractivity contribution in [2.75, 3.05) is 0 Å². The zero-order valence-corrected chi connectivity index (χ0v) is 5.69. The molecule has 0 radical (unpaired) electrons. The van der Waals surface area contributed by atoms with Gasteiger partial charge in [-0.15, -0.1) is 4.91 Å². The van der Waals surface area contributed by atoms with Gasteiger partial charge < -0.3 is 0 Å². The Morgan fingerprint density at radius 2 is 2.00 bits per heavy atom. The lowest BCUT2D eigenvalue weighted by Gasteiger charge is -2.13. The van der Waals surface area contributed by atoms with E-state index in [1.807, 2.05) is 0 Å². The summed E-state index contributed by atoms with van der Waals surface area (Å²) in [7, 11) is 0. The number of rotatable bonds is 3. The van der Waals surface area contributed by atoms with E-state index in [2.05, 4.69) is 5.29 Å². The maximum Gasteiger partial charge on any atom is 0.232 e. The molecule has 0 heterocycles. The lowest BCUT2D eigenvalue weighted by molar-refractivity contribution is -0.120. The first-order valence-electron chi connectivity index (χ1n) is 3.45. The highest BCUT2D eigenvalue weighted by Crippen LogP contribution is 2.22. The lowest BCUT2D eigenvalue weighted by atomic mass is 10.2. The van der Waals surface area contributed by atoms with Crippen LogP contribution in [0.2, 0.25) is 0 Å². The summed E-state index contributed by atoms with van der Waals surface area (Å²) < 4.78 is 0. The SMILES string of the molecule is O=CN(N=O)C1CCCC1. The van der Waals surface area contributed by atoms with Gasteiger partial charge in [0.25, 0.3) is 0 Å². The first-order valence-corrected chi connectivity index (χ1v) is 3.45. The van der Waals surface area contributed by atoms with Crippen LogP contribution in [0.15, 0.2) is 5.29 Å². The van der Waals surface area contributed by atoms with E-state index in [9.17, 15) is 9.70 Å². The second kappa shape index (κ2) is 3.29. The van der Waals surface area contributed by atoms with Crippen LogP contribution in [0.3, 0.4) is 0 Å². The molecular weight excluding hydrogens is 132 g/mol. The van der Waals surface area contributed by atoms with Crippen LogP contribution in [0.5, 0.6) is 0 Å². The highest BCUT2D eigenvalue weighted by atomic mass is 16.3. The molecule has 4 nitrogen and oxygen atoms in total. The number of amides is 1. The molecule has 0 aliphatic heterocycles. The van der Waals surface area contributed by atoms with E-state index >= 15 is 0 Å². The second-order valence-electron chi connectivity index (χ2n) is 2.51. The maximum absolute atomic E-state index is 10.2. The topological polar surface area (TPSA) is 49.7 Å². The van der Waals surface area contributed by atoms with E-state index in [1.54, 1.807) is 0 Å². The van der Waals surface area contributed by atoms with Gasteiger partial charge in [0.05, 0.1) is 11.3 Å². The number of carbonyl (C=O) groups excluding carboxylic acids is 1. The third-order valence-corrected chi connectivity index (χ3v) is 1.90. The van der Waals surface area contributed by atoms with Crippen molar-refractivity contribution < 1.29 is 4.79 Å². The van der Waals surface area contributed by atoms with Crippen LogP contribution in [0.25, 0.3) is 0 Å². The van der Waals surface area contributed by atoms with Gasteiger partial charge in [-0.1, -0.05) is 12.8 Å². The van der Waals surface area contributed by atoms with Crippen LogP contribution in [-0.4, -0.2) is 17.5 Å². The molecule has 0 unspecified atom stereocenters. The molecule has 1 aliphatic carbocycles. The Balaban J connectivity index is 2.43. The Kier molecular flexibility index (Phi) is 2.36. The summed E-state index contributed by atoms with van der Waals surface area (Å²) in [6.07, 6.45) is 4.55. The van der Waals surface area contributed by atoms with Crippen molar-refractivity contribution in [3.63, 3.8) is 0 Å². The van der Waals surface area contributed by atoms with E-state index in [4.69, 9.17) is 0 Å². The summed E-state index contributed by atoms with van der Waals surface area (Å²) in [4.78, 5) is 20.1. The second-order valence-corrected chi connectivity index (χ2v) is 2.51. The summed E-state index contributed by atoms with van der Waals surface area (Å²) in [6, 6.07) is 0.0787. The standard InChI is InChI=1S/C6H10N2O2/c9-5-8(7-10)6-3-1-2-4-6/h5-6H,1-4H2. The van der Waals surface area contributed by atoms with Crippen molar-refractivity contribution in [1.82, 2.24) is 5.01 Å². The maximum atomic E-state index is 10.2. The minimum absolute atomic E-state index is 0.0787. The number of nitroso groups, excluding NO2 is 1. The van der Waals surface area contributed by atoms with Crippen molar-refractivity contribution in [3.05, 3.63) is 4.91 Å². The molecule has 56 valence electrons. The van der Waals surface area contributed by atoms with Crippen molar-refractivity contribution in [1.29, 1.82) is 0 Å². The van der Waals surface area contributed by atoms with Crippen LogP contribution in [0.4, 0.5) is 0 Å². The lowest BCUT2D eigenvalue weighted by Crippen LogP contribution is -2.25. The van der Waals surface area contributed by atoms with Crippen molar-refractivity contribution in [2.45, 2.75) is 31.7 Å². The zero-order valence-electron chi connectivity index (χ0n) is 5.69. The summed E-state index contributed by atoms with van der Waals surface area (Å²) >= 11 is 0. The molecule has 4 heteroatoms.